The number of hydrogen-bond acceptors (Lipinski definition) is 2. The molecule has 0 atom stereocenters. The molecule has 3 rings (SSSR count). The molecule has 1 heterocycles. The van der Waals surface area contributed by atoms with Gasteiger partial charge < -0.3 is 15.2 Å². The van der Waals surface area contributed by atoms with Crippen LogP contribution in [0.4, 0.5) is 0 Å². The summed E-state index contributed by atoms with van der Waals surface area (Å²) in [6, 6.07) is 21.1. The van der Waals surface area contributed by atoms with Gasteiger partial charge in [0.1, 0.15) is 0 Å². The summed E-state index contributed by atoms with van der Waals surface area (Å²) in [6.45, 7) is 4.60. The van der Waals surface area contributed by atoms with Crippen molar-refractivity contribution in [3.63, 3.8) is 0 Å². The first-order valence-electron chi connectivity index (χ1n) is 9.64. The van der Waals surface area contributed by atoms with Crippen molar-refractivity contribution in [2.45, 2.75) is 26.6 Å². The highest BCUT2D eigenvalue weighted by Gasteiger charge is 2.01. The van der Waals surface area contributed by atoms with E-state index in [-0.39, 0.29) is 29.5 Å². The average molecular weight is 537 g/mol. The van der Waals surface area contributed by atoms with Gasteiger partial charge in [-0.1, -0.05) is 54.1 Å². The van der Waals surface area contributed by atoms with Gasteiger partial charge in [-0.15, -0.1) is 24.0 Å². The van der Waals surface area contributed by atoms with Gasteiger partial charge in [0.25, 0.3) is 5.56 Å². The summed E-state index contributed by atoms with van der Waals surface area (Å²) < 4.78 is 1.69. The van der Waals surface area contributed by atoms with E-state index in [2.05, 4.69) is 27.8 Å². The highest BCUT2D eigenvalue weighted by Crippen LogP contribution is 2.11. The number of guanidine groups is 1. The minimum atomic E-state index is 0. The largest absolute Gasteiger partial charge is 0.357 e. The molecule has 2 aromatic carbocycles. The van der Waals surface area contributed by atoms with Crippen LogP contribution in [0, 0.1) is 0 Å². The van der Waals surface area contributed by atoms with Crippen LogP contribution in [0.5, 0.6) is 0 Å². The lowest BCUT2D eigenvalue weighted by Gasteiger charge is -2.12. The predicted molar refractivity (Wildman–Crippen MR) is 135 cm³/mol. The Morgan fingerprint density at radius 2 is 1.73 bits per heavy atom. The number of aromatic nitrogens is 1. The van der Waals surface area contributed by atoms with Crippen molar-refractivity contribution in [1.29, 1.82) is 0 Å². The SMILES string of the molecule is CCNC(=NCc1cccc(Cl)c1)NCc1ccc(Cn2ccccc2=O)cc1.I. The van der Waals surface area contributed by atoms with Gasteiger partial charge in [0.15, 0.2) is 5.96 Å². The Labute approximate surface area is 199 Å². The lowest BCUT2D eigenvalue weighted by Crippen LogP contribution is -2.36. The standard InChI is InChI=1S/C23H25ClN4O.HI/c1-2-25-23(27-16-20-6-5-7-21(24)14-20)26-15-18-9-11-19(12-10-18)17-28-13-4-3-8-22(28)29;/h3-14H,2,15-17H2,1H3,(H2,25,26,27);1H. The molecule has 0 spiro atoms. The van der Waals surface area contributed by atoms with E-state index < -0.39 is 0 Å². The molecular weight excluding hydrogens is 511 g/mol. The van der Waals surface area contributed by atoms with Gasteiger partial charge in [-0.05, 0) is 41.8 Å². The summed E-state index contributed by atoms with van der Waals surface area (Å²) in [5, 5.41) is 7.32. The number of nitrogens with one attached hydrogen (secondary N) is 2. The Morgan fingerprint density at radius 3 is 2.43 bits per heavy atom. The molecule has 0 bridgehead atoms. The highest BCUT2D eigenvalue weighted by molar-refractivity contribution is 14.0. The van der Waals surface area contributed by atoms with E-state index in [0.717, 1.165) is 29.2 Å². The van der Waals surface area contributed by atoms with E-state index in [4.69, 9.17) is 11.6 Å². The molecule has 0 aliphatic heterocycles. The first kappa shape index (κ1) is 24.0. The van der Waals surface area contributed by atoms with Crippen molar-refractivity contribution in [2.75, 3.05) is 6.54 Å². The van der Waals surface area contributed by atoms with Crippen molar-refractivity contribution in [3.8, 4) is 0 Å². The third-order valence-corrected chi connectivity index (χ3v) is 4.62. The topological polar surface area (TPSA) is 58.4 Å². The Bertz CT molecular complexity index is 1020. The summed E-state index contributed by atoms with van der Waals surface area (Å²) >= 11 is 6.04. The van der Waals surface area contributed by atoms with Crippen LogP contribution in [0.2, 0.25) is 5.02 Å². The normalized spacial score (nSPS) is 10.9. The van der Waals surface area contributed by atoms with Gasteiger partial charge in [-0.2, -0.15) is 0 Å². The van der Waals surface area contributed by atoms with Gasteiger partial charge in [-0.3, -0.25) is 4.79 Å². The molecule has 0 radical (unpaired) electrons. The van der Waals surface area contributed by atoms with Gasteiger partial charge in [0, 0.05) is 30.4 Å². The maximum Gasteiger partial charge on any atom is 0.250 e. The van der Waals surface area contributed by atoms with Crippen LogP contribution in [0.15, 0.2) is 82.7 Å². The summed E-state index contributed by atoms with van der Waals surface area (Å²) in [5.74, 6) is 0.757. The molecule has 30 heavy (non-hydrogen) atoms. The minimum Gasteiger partial charge on any atom is -0.357 e. The fraction of sp³-hybridized carbons (Fsp3) is 0.217. The Kier molecular flexibility index (Phi) is 9.89. The highest BCUT2D eigenvalue weighted by atomic mass is 127. The molecule has 3 aromatic rings. The zero-order valence-corrected chi connectivity index (χ0v) is 19.9. The molecule has 0 aliphatic carbocycles. The molecule has 0 amide bonds. The van der Waals surface area contributed by atoms with E-state index in [9.17, 15) is 4.79 Å². The van der Waals surface area contributed by atoms with Crippen LogP contribution in [-0.4, -0.2) is 17.1 Å². The van der Waals surface area contributed by atoms with Gasteiger partial charge in [0.05, 0.1) is 13.1 Å². The quantitative estimate of drug-likeness (QED) is 0.267. The molecule has 0 saturated heterocycles. The number of halogens is 2. The lowest BCUT2D eigenvalue weighted by molar-refractivity contribution is 0.758. The van der Waals surface area contributed by atoms with Gasteiger partial charge >= 0.3 is 0 Å². The third kappa shape index (κ3) is 7.50. The molecule has 5 nitrogen and oxygen atoms in total. The Hall–Kier alpha value is -2.32. The number of rotatable bonds is 7. The minimum absolute atomic E-state index is 0. The van der Waals surface area contributed by atoms with Crippen molar-refractivity contribution in [1.82, 2.24) is 15.2 Å². The lowest BCUT2D eigenvalue weighted by atomic mass is 10.1. The Balaban J connectivity index is 0.00000320. The van der Waals surface area contributed by atoms with Crippen molar-refractivity contribution >= 4 is 41.5 Å². The van der Waals surface area contributed by atoms with Crippen molar-refractivity contribution in [3.05, 3.63) is 105 Å². The van der Waals surface area contributed by atoms with Crippen LogP contribution in [0.1, 0.15) is 23.6 Å². The van der Waals surface area contributed by atoms with E-state index in [1.165, 1.54) is 0 Å². The maximum absolute atomic E-state index is 11.8. The zero-order chi connectivity index (χ0) is 20.5. The molecule has 2 N–H and O–H groups in total. The van der Waals surface area contributed by atoms with Gasteiger partial charge in [0.2, 0.25) is 0 Å². The molecule has 0 fully saturated rings. The van der Waals surface area contributed by atoms with Crippen molar-refractivity contribution < 1.29 is 0 Å². The number of pyridine rings is 1. The van der Waals surface area contributed by atoms with E-state index in [1.54, 1.807) is 22.9 Å². The number of hydrogen-bond donors (Lipinski definition) is 2. The molecule has 7 heteroatoms. The number of benzene rings is 2. The molecular formula is C23H26ClIN4O. The van der Waals surface area contributed by atoms with E-state index in [1.807, 2.05) is 49.4 Å². The second kappa shape index (κ2) is 12.4. The van der Waals surface area contributed by atoms with Crippen LogP contribution in [0.3, 0.4) is 0 Å². The van der Waals surface area contributed by atoms with Crippen LogP contribution in [0.25, 0.3) is 0 Å². The monoisotopic (exact) mass is 536 g/mol. The van der Waals surface area contributed by atoms with Crippen LogP contribution in [-0.2, 0) is 19.6 Å². The zero-order valence-electron chi connectivity index (χ0n) is 16.8. The van der Waals surface area contributed by atoms with Gasteiger partial charge in [-0.25, -0.2) is 4.99 Å². The number of aliphatic imine (C=N–C) groups is 1. The fourth-order valence-corrected chi connectivity index (χ4v) is 3.10. The van der Waals surface area contributed by atoms with Crippen LogP contribution >= 0.6 is 35.6 Å². The first-order valence-corrected chi connectivity index (χ1v) is 10.0. The van der Waals surface area contributed by atoms with E-state index >= 15 is 0 Å². The third-order valence-electron chi connectivity index (χ3n) is 4.39. The number of nitrogens with zero attached hydrogens (tertiary/aromatic N) is 2. The smallest absolute Gasteiger partial charge is 0.250 e. The fourth-order valence-electron chi connectivity index (χ4n) is 2.88. The molecule has 0 saturated carbocycles. The summed E-state index contributed by atoms with van der Waals surface area (Å²) in [4.78, 5) is 16.5. The average Bonchev–Trinajstić information content (AvgIpc) is 2.73. The second-order valence-electron chi connectivity index (χ2n) is 6.66. The second-order valence-corrected chi connectivity index (χ2v) is 7.10. The Morgan fingerprint density at radius 1 is 0.967 bits per heavy atom. The first-order chi connectivity index (χ1) is 14.1. The molecule has 0 aliphatic rings. The summed E-state index contributed by atoms with van der Waals surface area (Å²) in [5.41, 5.74) is 3.30. The predicted octanol–water partition coefficient (Wildman–Crippen LogP) is 4.42. The molecule has 1 aromatic heterocycles. The summed E-state index contributed by atoms with van der Waals surface area (Å²) in [7, 11) is 0. The van der Waals surface area contributed by atoms with Crippen LogP contribution < -0.4 is 16.2 Å². The van der Waals surface area contributed by atoms with E-state index in [0.29, 0.717) is 24.7 Å². The maximum atomic E-state index is 11.8. The molecule has 158 valence electrons. The molecule has 0 unspecified atom stereocenters. The van der Waals surface area contributed by atoms with Crippen molar-refractivity contribution in [2.24, 2.45) is 4.99 Å². The summed E-state index contributed by atoms with van der Waals surface area (Å²) in [6.07, 6.45) is 1.80.